The number of unbranched alkanes of at least 4 members (excludes halogenated alkanes) is 3. The van der Waals surface area contributed by atoms with Crippen LogP contribution in [0.1, 0.15) is 32.6 Å². The van der Waals surface area contributed by atoms with Gasteiger partial charge < -0.3 is 5.32 Å². The Bertz CT molecular complexity index is 58.6. The van der Waals surface area contributed by atoms with Crippen LogP contribution in [0.25, 0.3) is 0 Å². The molecule has 0 aromatic heterocycles. The zero-order valence-electron chi connectivity index (χ0n) is 7.86. The van der Waals surface area contributed by atoms with Crippen LogP contribution in [0.15, 0.2) is 0 Å². The third-order valence-electron chi connectivity index (χ3n) is 1.70. The van der Waals surface area contributed by atoms with Crippen molar-refractivity contribution in [3.05, 3.63) is 0 Å². The fourth-order valence-electron chi connectivity index (χ4n) is 1.03. The second kappa shape index (κ2) is 10.3. The molecule has 0 aliphatic heterocycles. The minimum atomic E-state index is 1.12. The van der Waals surface area contributed by atoms with Gasteiger partial charge in [-0.05, 0) is 37.9 Å². The molecule has 0 amide bonds. The Morgan fingerprint density at radius 3 is 2.45 bits per heavy atom. The van der Waals surface area contributed by atoms with E-state index in [1.807, 2.05) is 11.8 Å². The van der Waals surface area contributed by atoms with Crippen LogP contribution in [0, 0.1) is 0 Å². The number of hydrogen-bond donors (Lipinski definition) is 1. The lowest BCUT2D eigenvalue weighted by atomic mass is 10.2. The van der Waals surface area contributed by atoms with Gasteiger partial charge in [-0.3, -0.25) is 0 Å². The maximum Gasteiger partial charge on any atom is -0.00490 e. The first kappa shape index (κ1) is 11.3. The summed E-state index contributed by atoms with van der Waals surface area (Å²) in [5.41, 5.74) is 0. The molecule has 0 aromatic carbocycles. The van der Waals surface area contributed by atoms with Crippen molar-refractivity contribution >= 4 is 11.8 Å². The summed E-state index contributed by atoms with van der Waals surface area (Å²) in [6.07, 6.45) is 7.73. The number of hydrogen-bond acceptors (Lipinski definition) is 2. The first-order valence-corrected chi connectivity index (χ1v) is 6.00. The molecule has 2 heteroatoms. The molecule has 0 heterocycles. The second-order valence-electron chi connectivity index (χ2n) is 2.76. The third-order valence-corrected chi connectivity index (χ3v) is 2.40. The van der Waals surface area contributed by atoms with Gasteiger partial charge in [0.25, 0.3) is 0 Å². The topological polar surface area (TPSA) is 12.0 Å². The zero-order chi connectivity index (χ0) is 8.36. The number of thioether (sulfide) groups is 1. The quantitative estimate of drug-likeness (QED) is 0.569. The van der Waals surface area contributed by atoms with Gasteiger partial charge in [-0.15, -0.1) is 0 Å². The molecular weight excluding hydrogens is 154 g/mol. The molecule has 0 bridgehead atoms. The molecule has 0 atom stereocenters. The monoisotopic (exact) mass is 175 g/mol. The second-order valence-corrected chi connectivity index (χ2v) is 3.75. The largest absolute Gasteiger partial charge is 0.317 e. The molecular formula is C9H21NS. The molecule has 0 fully saturated rings. The van der Waals surface area contributed by atoms with Gasteiger partial charge >= 0.3 is 0 Å². The van der Waals surface area contributed by atoms with Gasteiger partial charge in [0.2, 0.25) is 0 Å². The van der Waals surface area contributed by atoms with Crippen LogP contribution in [0.3, 0.4) is 0 Å². The Labute approximate surface area is 75.3 Å². The van der Waals surface area contributed by atoms with Crippen molar-refractivity contribution in [1.82, 2.24) is 5.32 Å². The summed E-state index contributed by atoms with van der Waals surface area (Å²) in [5, 5.41) is 3.33. The van der Waals surface area contributed by atoms with Gasteiger partial charge in [0.05, 0.1) is 0 Å². The fourth-order valence-corrected chi connectivity index (χ4v) is 1.52. The highest BCUT2D eigenvalue weighted by Gasteiger charge is 1.88. The molecule has 1 nitrogen and oxygen atoms in total. The van der Waals surface area contributed by atoms with E-state index in [1.54, 1.807) is 0 Å². The normalized spacial score (nSPS) is 10.4. The summed E-state index contributed by atoms with van der Waals surface area (Å²) in [5.74, 6) is 1.33. The maximum atomic E-state index is 3.33. The Balaban J connectivity index is 2.69. The lowest BCUT2D eigenvalue weighted by molar-refractivity contribution is 0.613. The average molecular weight is 175 g/mol. The molecule has 0 rings (SSSR count). The first-order valence-electron chi connectivity index (χ1n) is 4.61. The van der Waals surface area contributed by atoms with Gasteiger partial charge in [-0.2, -0.15) is 11.8 Å². The molecule has 0 spiro atoms. The maximum absolute atomic E-state index is 3.33. The summed E-state index contributed by atoms with van der Waals surface area (Å²) in [7, 11) is 0. The van der Waals surface area contributed by atoms with Crippen LogP contribution in [-0.4, -0.2) is 25.1 Å². The molecule has 0 saturated heterocycles. The lowest BCUT2D eigenvalue weighted by Crippen LogP contribution is -2.13. The van der Waals surface area contributed by atoms with Crippen LogP contribution in [0.4, 0.5) is 0 Å². The van der Waals surface area contributed by atoms with E-state index in [2.05, 4.69) is 18.5 Å². The summed E-state index contributed by atoms with van der Waals surface area (Å²) in [4.78, 5) is 0. The zero-order valence-corrected chi connectivity index (χ0v) is 8.67. The van der Waals surface area contributed by atoms with Gasteiger partial charge in [0.15, 0.2) is 0 Å². The highest BCUT2D eigenvalue weighted by Crippen LogP contribution is 2.03. The average Bonchev–Trinajstić information content (AvgIpc) is 2.03. The molecule has 0 saturated carbocycles. The summed E-state index contributed by atoms with van der Waals surface area (Å²) in [6, 6.07) is 0. The third kappa shape index (κ3) is 10.3. The van der Waals surface area contributed by atoms with E-state index >= 15 is 0 Å². The van der Waals surface area contributed by atoms with Crippen LogP contribution < -0.4 is 5.32 Å². The van der Waals surface area contributed by atoms with E-state index < -0.39 is 0 Å². The van der Waals surface area contributed by atoms with Crippen molar-refractivity contribution in [3.63, 3.8) is 0 Å². The summed E-state index contributed by atoms with van der Waals surface area (Å²) >= 11 is 1.95. The molecule has 68 valence electrons. The van der Waals surface area contributed by atoms with Crippen molar-refractivity contribution < 1.29 is 0 Å². The molecule has 1 N–H and O–H groups in total. The highest BCUT2D eigenvalue weighted by atomic mass is 32.2. The minimum Gasteiger partial charge on any atom is -0.317 e. The van der Waals surface area contributed by atoms with Gasteiger partial charge in [0.1, 0.15) is 0 Å². The van der Waals surface area contributed by atoms with E-state index in [9.17, 15) is 0 Å². The molecule has 0 aliphatic carbocycles. The van der Waals surface area contributed by atoms with E-state index in [4.69, 9.17) is 0 Å². The van der Waals surface area contributed by atoms with E-state index in [0.29, 0.717) is 0 Å². The predicted octanol–water partition coefficient (Wildman–Crippen LogP) is 2.52. The van der Waals surface area contributed by atoms with Crippen molar-refractivity contribution in [2.75, 3.05) is 25.1 Å². The van der Waals surface area contributed by atoms with E-state index in [-0.39, 0.29) is 0 Å². The first-order chi connectivity index (χ1) is 5.41. The van der Waals surface area contributed by atoms with Gasteiger partial charge in [-0.25, -0.2) is 0 Å². The molecule has 11 heavy (non-hydrogen) atoms. The lowest BCUT2D eigenvalue weighted by Gasteiger charge is -2.00. The predicted molar refractivity (Wildman–Crippen MR) is 55.4 cm³/mol. The fraction of sp³-hybridized carbons (Fsp3) is 1.00. The Kier molecular flexibility index (Phi) is 10.6. The standard InChI is InChI=1S/C9H21NS/c1-3-10-8-6-4-5-7-9-11-2/h10H,3-9H2,1-2H3. The summed E-state index contributed by atoms with van der Waals surface area (Å²) < 4.78 is 0. The number of nitrogens with one attached hydrogen (secondary N) is 1. The van der Waals surface area contributed by atoms with Gasteiger partial charge in [0, 0.05) is 0 Å². The van der Waals surface area contributed by atoms with Crippen molar-refractivity contribution in [3.8, 4) is 0 Å². The van der Waals surface area contributed by atoms with Crippen molar-refractivity contribution in [2.24, 2.45) is 0 Å². The van der Waals surface area contributed by atoms with Gasteiger partial charge in [-0.1, -0.05) is 19.8 Å². The Hall–Kier alpha value is 0.310. The molecule has 0 radical (unpaired) electrons. The summed E-state index contributed by atoms with van der Waals surface area (Å²) in [6.45, 7) is 4.48. The highest BCUT2D eigenvalue weighted by molar-refractivity contribution is 7.98. The Morgan fingerprint density at radius 1 is 1.09 bits per heavy atom. The van der Waals surface area contributed by atoms with Crippen molar-refractivity contribution in [1.29, 1.82) is 0 Å². The van der Waals surface area contributed by atoms with Crippen molar-refractivity contribution in [2.45, 2.75) is 32.6 Å². The van der Waals surface area contributed by atoms with Crippen LogP contribution in [-0.2, 0) is 0 Å². The smallest absolute Gasteiger partial charge is 0.00490 e. The number of rotatable bonds is 8. The van der Waals surface area contributed by atoms with Crippen LogP contribution in [0.2, 0.25) is 0 Å². The molecule has 0 unspecified atom stereocenters. The van der Waals surface area contributed by atoms with E-state index in [0.717, 1.165) is 6.54 Å². The molecule has 0 aliphatic rings. The van der Waals surface area contributed by atoms with E-state index in [1.165, 1.54) is 38.0 Å². The molecule has 0 aromatic rings. The van der Waals surface area contributed by atoms with Crippen LogP contribution >= 0.6 is 11.8 Å². The minimum absolute atomic E-state index is 1.12. The van der Waals surface area contributed by atoms with Crippen LogP contribution in [0.5, 0.6) is 0 Å². The SMILES string of the molecule is CCNCCCCCCSC. The Morgan fingerprint density at radius 2 is 1.82 bits per heavy atom.